The minimum Gasteiger partial charge on any atom is -0.326 e. The predicted molar refractivity (Wildman–Crippen MR) is 132 cm³/mol. The number of para-hydroxylation sites is 1. The number of halogens is 1. The number of amides is 1. The van der Waals surface area contributed by atoms with E-state index >= 15 is 0 Å². The molecule has 3 aromatic carbocycles. The summed E-state index contributed by atoms with van der Waals surface area (Å²) in [6, 6.07) is 25.0. The van der Waals surface area contributed by atoms with E-state index in [1.807, 2.05) is 85.1 Å². The summed E-state index contributed by atoms with van der Waals surface area (Å²) >= 11 is 6.07. The number of carbonyl (C=O) groups is 1. The Bertz CT molecular complexity index is 1400. The summed E-state index contributed by atoms with van der Waals surface area (Å²) < 4.78 is 3.53. The number of rotatable bonds is 7. The van der Waals surface area contributed by atoms with Crippen molar-refractivity contribution in [3.8, 4) is 16.9 Å². The van der Waals surface area contributed by atoms with Crippen molar-refractivity contribution in [3.05, 3.63) is 114 Å². The number of hydrogen-bond acceptors (Lipinski definition) is 4. The van der Waals surface area contributed by atoms with Gasteiger partial charge in [0.1, 0.15) is 12.7 Å². The summed E-state index contributed by atoms with van der Waals surface area (Å²) in [4.78, 5) is 17.0. The summed E-state index contributed by atoms with van der Waals surface area (Å²) in [7, 11) is 0. The van der Waals surface area contributed by atoms with Gasteiger partial charge in [-0.1, -0.05) is 54.1 Å². The number of nitrogens with one attached hydrogen (secondary N) is 1. The molecule has 0 saturated heterocycles. The van der Waals surface area contributed by atoms with Gasteiger partial charge < -0.3 is 5.32 Å². The van der Waals surface area contributed by atoms with Crippen LogP contribution in [-0.2, 0) is 17.8 Å². The molecule has 0 aliphatic rings. The Balaban J connectivity index is 1.38. The predicted octanol–water partition coefficient (Wildman–Crippen LogP) is 5.01. The molecule has 0 atom stereocenters. The van der Waals surface area contributed by atoms with Gasteiger partial charge in [0.2, 0.25) is 5.91 Å². The average molecular weight is 469 g/mol. The Morgan fingerprint density at radius 1 is 0.971 bits per heavy atom. The molecule has 7 nitrogen and oxygen atoms in total. The Kier molecular flexibility index (Phi) is 6.18. The van der Waals surface area contributed by atoms with Gasteiger partial charge in [0.25, 0.3) is 0 Å². The van der Waals surface area contributed by atoms with E-state index in [-0.39, 0.29) is 12.3 Å². The van der Waals surface area contributed by atoms with Gasteiger partial charge in [0.15, 0.2) is 0 Å². The zero-order valence-corrected chi connectivity index (χ0v) is 18.9. The molecular weight excluding hydrogens is 448 g/mol. The lowest BCUT2D eigenvalue weighted by atomic mass is 10.1. The number of benzene rings is 3. The second-order valence-electron chi connectivity index (χ2n) is 7.81. The smallest absolute Gasteiger partial charge is 0.228 e. The van der Waals surface area contributed by atoms with Crippen LogP contribution in [-0.4, -0.2) is 30.5 Å². The Hall–Kier alpha value is -4.23. The highest BCUT2D eigenvalue weighted by Crippen LogP contribution is 2.26. The minimum absolute atomic E-state index is 0.124. The highest BCUT2D eigenvalue weighted by molar-refractivity contribution is 6.30. The molecule has 0 fully saturated rings. The fourth-order valence-electron chi connectivity index (χ4n) is 3.73. The lowest BCUT2D eigenvalue weighted by Gasteiger charge is -2.08. The molecule has 2 heterocycles. The zero-order valence-electron chi connectivity index (χ0n) is 18.2. The second-order valence-corrected chi connectivity index (χ2v) is 8.24. The first kappa shape index (κ1) is 21.6. The van der Waals surface area contributed by atoms with Crippen LogP contribution in [0.2, 0.25) is 5.02 Å². The molecule has 34 heavy (non-hydrogen) atoms. The van der Waals surface area contributed by atoms with Crippen LogP contribution >= 0.6 is 11.6 Å². The molecule has 0 radical (unpaired) electrons. The first-order valence-corrected chi connectivity index (χ1v) is 11.1. The third-order valence-corrected chi connectivity index (χ3v) is 5.55. The van der Waals surface area contributed by atoms with E-state index in [1.54, 1.807) is 15.7 Å². The fourth-order valence-corrected chi connectivity index (χ4v) is 3.86. The van der Waals surface area contributed by atoms with Crippen molar-refractivity contribution in [2.24, 2.45) is 0 Å². The summed E-state index contributed by atoms with van der Waals surface area (Å²) in [5, 5.41) is 12.6. The monoisotopic (exact) mass is 468 g/mol. The average Bonchev–Trinajstić information content (AvgIpc) is 3.51. The third kappa shape index (κ3) is 5.05. The van der Waals surface area contributed by atoms with Gasteiger partial charge in [-0.25, -0.2) is 14.3 Å². The Labute approximate surface area is 201 Å². The van der Waals surface area contributed by atoms with Gasteiger partial charge in [-0.3, -0.25) is 4.79 Å². The molecule has 8 heteroatoms. The van der Waals surface area contributed by atoms with Gasteiger partial charge >= 0.3 is 0 Å². The first-order valence-electron chi connectivity index (χ1n) is 10.8. The number of anilines is 1. The van der Waals surface area contributed by atoms with E-state index in [1.165, 1.54) is 6.33 Å². The van der Waals surface area contributed by atoms with Gasteiger partial charge in [-0.15, -0.1) is 0 Å². The third-order valence-electron chi connectivity index (χ3n) is 5.30. The molecule has 5 rings (SSSR count). The van der Waals surface area contributed by atoms with Crippen molar-refractivity contribution in [2.75, 3.05) is 5.32 Å². The van der Waals surface area contributed by atoms with Crippen LogP contribution in [0.15, 0.2) is 97.7 Å². The largest absolute Gasteiger partial charge is 0.326 e. The minimum atomic E-state index is -0.124. The molecule has 0 aliphatic carbocycles. The van der Waals surface area contributed by atoms with Gasteiger partial charge in [0, 0.05) is 28.0 Å². The molecule has 0 spiro atoms. The molecule has 0 unspecified atom stereocenters. The summed E-state index contributed by atoms with van der Waals surface area (Å²) in [5.41, 5.74) is 5.13. The maximum Gasteiger partial charge on any atom is 0.228 e. The standard InChI is InChI=1S/C26H21ClN6O/c27-22-11-9-20(10-12-22)26-21(16-33(31-26)24-7-2-1-3-8-24)14-25(34)30-23-6-4-5-19(13-23)15-32-18-28-17-29-32/h1-13,16-18H,14-15H2,(H,30,34). The van der Waals surface area contributed by atoms with E-state index < -0.39 is 0 Å². The van der Waals surface area contributed by atoms with Crippen molar-refractivity contribution >= 4 is 23.2 Å². The SMILES string of the molecule is O=C(Cc1cn(-c2ccccc2)nc1-c1ccc(Cl)cc1)Nc1cccc(Cn2cncn2)c1. The molecule has 168 valence electrons. The van der Waals surface area contributed by atoms with Crippen LogP contribution in [0.1, 0.15) is 11.1 Å². The van der Waals surface area contributed by atoms with Gasteiger partial charge in [-0.2, -0.15) is 10.2 Å². The highest BCUT2D eigenvalue weighted by Gasteiger charge is 2.16. The van der Waals surface area contributed by atoms with Crippen LogP contribution in [0.5, 0.6) is 0 Å². The normalized spacial score (nSPS) is 10.9. The van der Waals surface area contributed by atoms with E-state index in [2.05, 4.69) is 15.4 Å². The topological polar surface area (TPSA) is 77.6 Å². The van der Waals surface area contributed by atoms with Crippen molar-refractivity contribution in [3.63, 3.8) is 0 Å². The fraction of sp³-hybridized carbons (Fsp3) is 0.0769. The number of nitrogens with zero attached hydrogens (tertiary/aromatic N) is 5. The van der Waals surface area contributed by atoms with E-state index in [9.17, 15) is 4.79 Å². The molecule has 0 aliphatic heterocycles. The number of hydrogen-bond donors (Lipinski definition) is 1. The molecular formula is C26H21ClN6O. The maximum absolute atomic E-state index is 13.0. The summed E-state index contributed by atoms with van der Waals surface area (Å²) in [6.07, 6.45) is 5.24. The molecule has 5 aromatic rings. The second kappa shape index (κ2) is 9.72. The van der Waals surface area contributed by atoms with Crippen LogP contribution < -0.4 is 5.32 Å². The van der Waals surface area contributed by atoms with Crippen molar-refractivity contribution < 1.29 is 4.79 Å². The summed E-state index contributed by atoms with van der Waals surface area (Å²) in [5.74, 6) is -0.124. The van der Waals surface area contributed by atoms with Gasteiger partial charge in [-0.05, 0) is 42.0 Å². The van der Waals surface area contributed by atoms with E-state index in [4.69, 9.17) is 16.7 Å². The molecule has 0 bridgehead atoms. The number of carbonyl (C=O) groups excluding carboxylic acids is 1. The van der Waals surface area contributed by atoms with Crippen LogP contribution in [0.25, 0.3) is 16.9 Å². The van der Waals surface area contributed by atoms with Crippen molar-refractivity contribution in [1.29, 1.82) is 0 Å². The zero-order chi connectivity index (χ0) is 23.3. The van der Waals surface area contributed by atoms with E-state index in [0.29, 0.717) is 11.6 Å². The molecule has 2 aromatic heterocycles. The lowest BCUT2D eigenvalue weighted by Crippen LogP contribution is -2.15. The Morgan fingerprint density at radius 3 is 2.56 bits per heavy atom. The van der Waals surface area contributed by atoms with Crippen LogP contribution in [0.4, 0.5) is 5.69 Å². The maximum atomic E-state index is 13.0. The highest BCUT2D eigenvalue weighted by atomic mass is 35.5. The lowest BCUT2D eigenvalue weighted by molar-refractivity contribution is -0.115. The molecule has 0 saturated carbocycles. The molecule has 1 N–H and O–H groups in total. The summed E-state index contributed by atoms with van der Waals surface area (Å²) in [6.45, 7) is 0.578. The van der Waals surface area contributed by atoms with Gasteiger partial charge in [0.05, 0.1) is 24.3 Å². The van der Waals surface area contributed by atoms with Crippen LogP contribution in [0.3, 0.4) is 0 Å². The Morgan fingerprint density at radius 2 is 1.79 bits per heavy atom. The van der Waals surface area contributed by atoms with Crippen molar-refractivity contribution in [1.82, 2.24) is 24.5 Å². The first-order chi connectivity index (χ1) is 16.6. The number of aromatic nitrogens is 5. The molecule has 1 amide bonds. The quantitative estimate of drug-likeness (QED) is 0.364. The van der Waals surface area contributed by atoms with Crippen LogP contribution in [0, 0.1) is 0 Å². The van der Waals surface area contributed by atoms with Crippen molar-refractivity contribution in [2.45, 2.75) is 13.0 Å². The van der Waals surface area contributed by atoms with E-state index in [0.717, 1.165) is 33.8 Å².